The molecule has 1 aliphatic rings. The summed E-state index contributed by atoms with van der Waals surface area (Å²) in [5, 5.41) is 15.2. The molecule has 0 saturated heterocycles. The Morgan fingerprint density at radius 3 is 3.00 bits per heavy atom. The Hall–Kier alpha value is -0.350. The van der Waals surface area contributed by atoms with Gasteiger partial charge in [0.2, 0.25) is 0 Å². The molecule has 1 aliphatic carbocycles. The first-order valence-corrected chi connectivity index (χ1v) is 6.87. The van der Waals surface area contributed by atoms with E-state index in [4.69, 9.17) is 0 Å². The van der Waals surface area contributed by atoms with Crippen molar-refractivity contribution in [2.45, 2.75) is 51.7 Å². The number of hydrogen-bond acceptors (Lipinski definition) is 2. The molecule has 0 spiro atoms. The van der Waals surface area contributed by atoms with E-state index in [9.17, 15) is 5.11 Å². The normalized spacial score (nSPS) is 29.9. The lowest BCUT2D eigenvalue weighted by Gasteiger charge is -2.30. The smallest absolute Gasteiger partial charge is 0.110 e. The van der Waals surface area contributed by atoms with Crippen LogP contribution in [0.2, 0.25) is 0 Å². The molecular weight excluding hydrogens is 268 g/mol. The second kappa shape index (κ2) is 4.49. The van der Waals surface area contributed by atoms with Crippen molar-refractivity contribution in [3.8, 4) is 0 Å². The predicted molar refractivity (Wildman–Crippen MR) is 67.1 cm³/mol. The quantitative estimate of drug-likeness (QED) is 0.927. The summed E-state index contributed by atoms with van der Waals surface area (Å²) in [6.07, 6.45) is 5.90. The molecule has 1 saturated carbocycles. The van der Waals surface area contributed by atoms with Crippen LogP contribution in [0.15, 0.2) is 10.7 Å². The maximum atomic E-state index is 10.9. The molecule has 16 heavy (non-hydrogen) atoms. The summed E-state index contributed by atoms with van der Waals surface area (Å²) >= 11 is 3.52. The van der Waals surface area contributed by atoms with Gasteiger partial charge in [0.15, 0.2) is 0 Å². The molecule has 3 nitrogen and oxygen atoms in total. The Bertz CT molecular complexity index is 377. The van der Waals surface area contributed by atoms with Crippen LogP contribution in [0.25, 0.3) is 0 Å². The Morgan fingerprint density at radius 1 is 1.62 bits per heavy atom. The van der Waals surface area contributed by atoms with Gasteiger partial charge in [-0.25, -0.2) is 0 Å². The maximum absolute atomic E-state index is 10.9. The monoisotopic (exact) mass is 286 g/mol. The zero-order valence-corrected chi connectivity index (χ0v) is 11.5. The van der Waals surface area contributed by atoms with Crippen LogP contribution >= 0.6 is 15.9 Å². The number of rotatable bonds is 3. The SMILES string of the molecule is CCC1CCCC1(O)c1c(Br)cnn1CC. The standard InChI is InChI=1S/C12H19BrN2O/c1-3-9-6-5-7-12(9,16)11-10(13)8-14-15(11)4-2/h8-9,16H,3-7H2,1-2H3. The predicted octanol–water partition coefficient (Wildman–Crippen LogP) is 3.06. The highest BCUT2D eigenvalue weighted by atomic mass is 79.9. The lowest BCUT2D eigenvalue weighted by Crippen LogP contribution is -2.33. The second-order valence-electron chi connectivity index (χ2n) is 4.58. The highest BCUT2D eigenvalue weighted by molar-refractivity contribution is 9.10. The van der Waals surface area contributed by atoms with Crippen molar-refractivity contribution in [2.24, 2.45) is 5.92 Å². The Balaban J connectivity index is 2.45. The molecular formula is C12H19BrN2O. The van der Waals surface area contributed by atoms with Crippen LogP contribution in [0.3, 0.4) is 0 Å². The van der Waals surface area contributed by atoms with Gasteiger partial charge in [0.25, 0.3) is 0 Å². The Morgan fingerprint density at radius 2 is 2.38 bits per heavy atom. The third-order valence-electron chi connectivity index (χ3n) is 3.78. The molecule has 1 aromatic rings. The summed E-state index contributed by atoms with van der Waals surface area (Å²) in [4.78, 5) is 0. The lowest BCUT2D eigenvalue weighted by atomic mass is 9.86. The molecule has 1 heterocycles. The van der Waals surface area contributed by atoms with E-state index >= 15 is 0 Å². The number of nitrogens with zero attached hydrogens (tertiary/aromatic N) is 2. The van der Waals surface area contributed by atoms with Crippen LogP contribution in [0.1, 0.15) is 45.2 Å². The molecule has 90 valence electrons. The van der Waals surface area contributed by atoms with Crippen LogP contribution in [0.5, 0.6) is 0 Å². The number of aromatic nitrogens is 2. The zero-order valence-electron chi connectivity index (χ0n) is 9.91. The fourth-order valence-electron chi connectivity index (χ4n) is 2.95. The topological polar surface area (TPSA) is 38.1 Å². The number of aryl methyl sites for hydroxylation is 1. The largest absolute Gasteiger partial charge is 0.383 e. The summed E-state index contributed by atoms with van der Waals surface area (Å²) in [7, 11) is 0. The third-order valence-corrected chi connectivity index (χ3v) is 4.36. The molecule has 2 atom stereocenters. The third kappa shape index (κ3) is 1.72. The summed E-state index contributed by atoms with van der Waals surface area (Å²) in [5.41, 5.74) is 0.291. The van der Waals surface area contributed by atoms with E-state index in [0.717, 1.165) is 42.4 Å². The first-order valence-electron chi connectivity index (χ1n) is 6.07. The fraction of sp³-hybridized carbons (Fsp3) is 0.750. The molecule has 2 unspecified atom stereocenters. The van der Waals surface area contributed by atoms with Crippen LogP contribution in [-0.4, -0.2) is 14.9 Å². The van der Waals surface area contributed by atoms with Gasteiger partial charge in [-0.2, -0.15) is 5.10 Å². The van der Waals surface area contributed by atoms with Crippen molar-refractivity contribution >= 4 is 15.9 Å². The minimum atomic E-state index is -0.680. The summed E-state index contributed by atoms with van der Waals surface area (Å²) in [5.74, 6) is 0.366. The average Bonchev–Trinajstić information content (AvgIpc) is 2.82. The van der Waals surface area contributed by atoms with E-state index in [1.54, 1.807) is 6.20 Å². The summed E-state index contributed by atoms with van der Waals surface area (Å²) in [6, 6.07) is 0. The minimum Gasteiger partial charge on any atom is -0.383 e. The molecule has 2 rings (SSSR count). The van der Waals surface area contributed by atoms with Crippen LogP contribution < -0.4 is 0 Å². The van der Waals surface area contributed by atoms with E-state index < -0.39 is 5.60 Å². The van der Waals surface area contributed by atoms with Gasteiger partial charge in [-0.15, -0.1) is 0 Å². The first-order chi connectivity index (χ1) is 7.63. The Labute approximate surface area is 105 Å². The van der Waals surface area contributed by atoms with E-state index in [1.807, 2.05) is 4.68 Å². The van der Waals surface area contributed by atoms with Crippen molar-refractivity contribution in [1.29, 1.82) is 0 Å². The van der Waals surface area contributed by atoms with Crippen LogP contribution in [0, 0.1) is 5.92 Å². The number of hydrogen-bond donors (Lipinski definition) is 1. The summed E-state index contributed by atoms with van der Waals surface area (Å²) in [6.45, 7) is 5.02. The van der Waals surface area contributed by atoms with E-state index in [0.29, 0.717) is 5.92 Å². The van der Waals surface area contributed by atoms with Crippen LogP contribution in [0.4, 0.5) is 0 Å². The highest BCUT2D eigenvalue weighted by Gasteiger charge is 2.44. The van der Waals surface area contributed by atoms with E-state index in [1.165, 1.54) is 0 Å². The van der Waals surface area contributed by atoms with Gasteiger partial charge in [-0.1, -0.05) is 13.3 Å². The van der Waals surface area contributed by atoms with Gasteiger partial charge in [-0.3, -0.25) is 4.68 Å². The first kappa shape index (κ1) is 12.1. The molecule has 0 bridgehead atoms. The molecule has 0 amide bonds. The van der Waals surface area contributed by atoms with E-state index in [2.05, 4.69) is 34.9 Å². The molecule has 4 heteroatoms. The van der Waals surface area contributed by atoms with Gasteiger partial charge in [0, 0.05) is 6.54 Å². The Kier molecular flexibility index (Phi) is 3.40. The van der Waals surface area contributed by atoms with Crippen LogP contribution in [-0.2, 0) is 12.1 Å². The van der Waals surface area contributed by atoms with Gasteiger partial charge in [0.05, 0.1) is 16.4 Å². The van der Waals surface area contributed by atoms with Crippen molar-refractivity contribution < 1.29 is 5.11 Å². The van der Waals surface area contributed by atoms with Crippen molar-refractivity contribution in [3.05, 3.63) is 16.4 Å². The molecule has 1 aromatic heterocycles. The fourth-order valence-corrected chi connectivity index (χ4v) is 3.59. The van der Waals surface area contributed by atoms with E-state index in [-0.39, 0.29) is 0 Å². The van der Waals surface area contributed by atoms with Crippen molar-refractivity contribution in [3.63, 3.8) is 0 Å². The van der Waals surface area contributed by atoms with Gasteiger partial charge in [0.1, 0.15) is 5.60 Å². The zero-order chi connectivity index (χ0) is 11.8. The maximum Gasteiger partial charge on any atom is 0.110 e. The molecule has 1 fully saturated rings. The lowest BCUT2D eigenvalue weighted by molar-refractivity contribution is -0.0127. The number of aliphatic hydroxyl groups is 1. The molecule has 1 N–H and O–H groups in total. The highest BCUT2D eigenvalue weighted by Crippen LogP contribution is 2.47. The van der Waals surface area contributed by atoms with Crippen molar-refractivity contribution in [2.75, 3.05) is 0 Å². The number of halogens is 1. The summed E-state index contributed by atoms with van der Waals surface area (Å²) < 4.78 is 2.86. The minimum absolute atomic E-state index is 0.366. The van der Waals surface area contributed by atoms with Crippen molar-refractivity contribution in [1.82, 2.24) is 9.78 Å². The second-order valence-corrected chi connectivity index (χ2v) is 5.43. The average molecular weight is 287 g/mol. The van der Waals surface area contributed by atoms with Gasteiger partial charge >= 0.3 is 0 Å². The molecule has 0 aliphatic heterocycles. The molecule has 0 radical (unpaired) electrons. The van der Waals surface area contributed by atoms with Gasteiger partial charge in [-0.05, 0) is 48.0 Å². The molecule has 0 aromatic carbocycles. The van der Waals surface area contributed by atoms with Gasteiger partial charge < -0.3 is 5.11 Å².